The molecule has 3 atom stereocenters. The highest BCUT2D eigenvalue weighted by Gasteiger charge is 2.61. The van der Waals surface area contributed by atoms with Gasteiger partial charge in [-0.1, -0.05) is 20.8 Å². The molecule has 2 heterocycles. The molecule has 1 aromatic rings. The second-order valence-electron chi connectivity index (χ2n) is 9.76. The molecule has 0 radical (unpaired) electrons. The molecule has 3 aliphatic rings. The average molecular weight is 463 g/mol. The number of hydrogen-bond acceptors (Lipinski definition) is 6. The van der Waals surface area contributed by atoms with E-state index >= 15 is 0 Å². The van der Waals surface area contributed by atoms with Crippen LogP contribution in [0.4, 0.5) is 19.1 Å². The lowest BCUT2D eigenvalue weighted by molar-refractivity contribution is -0.141. The highest BCUT2D eigenvalue weighted by Crippen LogP contribution is 2.65. The van der Waals surface area contributed by atoms with Crippen molar-refractivity contribution in [2.75, 3.05) is 29.9 Å². The van der Waals surface area contributed by atoms with Crippen molar-refractivity contribution in [1.82, 2.24) is 14.9 Å². The summed E-state index contributed by atoms with van der Waals surface area (Å²) in [5.74, 6) is -0.548. The number of amides is 1. The lowest BCUT2D eigenvalue weighted by Gasteiger charge is -2.41. The monoisotopic (exact) mass is 462 g/mol. The molecule has 174 valence electrons. The molecule has 3 N–H and O–H groups in total. The third-order valence-electron chi connectivity index (χ3n) is 8.05. The average Bonchev–Trinajstić information content (AvgIpc) is 3.00. The van der Waals surface area contributed by atoms with Crippen molar-refractivity contribution in [3.63, 3.8) is 0 Å². The number of nitrogens with zero attached hydrogens (tertiary/aromatic N) is 3. The van der Waals surface area contributed by atoms with Gasteiger partial charge >= 0.3 is 6.18 Å². The first-order valence-corrected chi connectivity index (χ1v) is 12.4. The fourth-order valence-electron chi connectivity index (χ4n) is 5.50. The number of hydrogen-bond donors (Lipinski definition) is 3. The van der Waals surface area contributed by atoms with Crippen LogP contribution in [0.5, 0.6) is 0 Å². The first-order valence-electron chi connectivity index (χ1n) is 10.5. The second-order valence-corrected chi connectivity index (χ2v) is 12.2. The van der Waals surface area contributed by atoms with Gasteiger partial charge in [0.15, 0.2) is 5.69 Å². The Morgan fingerprint density at radius 2 is 1.90 bits per heavy atom. The Labute approximate surface area is 181 Å². The maximum absolute atomic E-state index is 13.8. The highest BCUT2D eigenvalue weighted by molar-refractivity contribution is 8.24. The Kier molecular flexibility index (Phi) is 5.26. The van der Waals surface area contributed by atoms with Crippen LogP contribution in [0.3, 0.4) is 0 Å². The van der Waals surface area contributed by atoms with Crippen molar-refractivity contribution < 1.29 is 27.1 Å². The largest absolute Gasteiger partial charge is 0.434 e. The number of carbonyl (C=O) groups is 1. The predicted molar refractivity (Wildman–Crippen MR) is 112 cm³/mol. The van der Waals surface area contributed by atoms with Gasteiger partial charge in [0.05, 0.1) is 17.1 Å². The van der Waals surface area contributed by atoms with Crippen LogP contribution in [-0.4, -0.2) is 60.5 Å². The molecule has 1 amide bonds. The zero-order valence-electron chi connectivity index (χ0n) is 17.9. The van der Waals surface area contributed by atoms with Crippen LogP contribution in [0.15, 0.2) is 6.20 Å². The summed E-state index contributed by atoms with van der Waals surface area (Å²) in [5.41, 5.74) is -1.86. The van der Waals surface area contributed by atoms with Gasteiger partial charge in [0, 0.05) is 25.3 Å². The molecular formula is C20H29F3N4O3S. The van der Waals surface area contributed by atoms with Gasteiger partial charge in [-0.25, -0.2) is 9.97 Å². The smallest absolute Gasteiger partial charge is 0.351 e. The summed E-state index contributed by atoms with van der Waals surface area (Å²) in [5, 5.41) is 3.13. The molecule has 1 saturated heterocycles. The summed E-state index contributed by atoms with van der Waals surface area (Å²) in [6, 6.07) is -0.0313. The molecule has 0 aromatic carbocycles. The van der Waals surface area contributed by atoms with E-state index in [1.807, 2.05) is 0 Å². The molecule has 2 saturated carbocycles. The normalized spacial score (nSPS) is 32.7. The van der Waals surface area contributed by atoms with Crippen LogP contribution in [0.2, 0.25) is 0 Å². The van der Waals surface area contributed by atoms with Crippen molar-refractivity contribution in [3.05, 3.63) is 17.5 Å². The Balaban J connectivity index is 1.58. The summed E-state index contributed by atoms with van der Waals surface area (Å²) >= 11 is 0. The van der Waals surface area contributed by atoms with Gasteiger partial charge in [-0.15, -0.1) is 0 Å². The molecule has 11 heteroatoms. The third kappa shape index (κ3) is 3.78. The molecule has 4 rings (SSSR count). The fraction of sp³-hybridized carbons (Fsp3) is 0.750. The van der Waals surface area contributed by atoms with E-state index < -0.39 is 33.9 Å². The van der Waals surface area contributed by atoms with E-state index in [9.17, 15) is 27.1 Å². The highest BCUT2D eigenvalue weighted by atomic mass is 32.3. The number of anilines is 1. The molecule has 2 bridgehead atoms. The van der Waals surface area contributed by atoms with E-state index in [-0.39, 0.29) is 47.4 Å². The van der Waals surface area contributed by atoms with Gasteiger partial charge < -0.3 is 10.2 Å². The van der Waals surface area contributed by atoms with Crippen LogP contribution in [0.1, 0.15) is 56.1 Å². The standard InChI is InChI=1S/C20H29F3N4O3S/c1-18(2)12-4-5-19(18,3)14(10-12)25-17-24-11-13(15(26-17)20(21,22)23)16(28)27-6-8-31(29,30)9-7-27/h11-12,14,29-30H,4-10H2,1-3H3,(H,24,25,26). The number of nitrogens with one attached hydrogen (secondary N) is 1. The summed E-state index contributed by atoms with van der Waals surface area (Å²) in [4.78, 5) is 21.7. The minimum absolute atomic E-state index is 0.0185. The number of rotatable bonds is 3. The fourth-order valence-corrected chi connectivity index (χ4v) is 6.73. The van der Waals surface area contributed by atoms with E-state index in [1.165, 1.54) is 4.90 Å². The Morgan fingerprint density at radius 1 is 1.26 bits per heavy atom. The molecule has 1 aromatic heterocycles. The third-order valence-corrected chi connectivity index (χ3v) is 9.72. The number of aromatic nitrogens is 2. The quantitative estimate of drug-likeness (QED) is 0.619. The summed E-state index contributed by atoms with van der Waals surface area (Å²) in [7, 11) is -2.77. The van der Waals surface area contributed by atoms with Gasteiger partial charge in [-0.2, -0.15) is 23.8 Å². The van der Waals surface area contributed by atoms with Crippen molar-refractivity contribution in [3.8, 4) is 0 Å². The molecule has 7 nitrogen and oxygen atoms in total. The first-order chi connectivity index (χ1) is 14.2. The van der Waals surface area contributed by atoms with Crippen LogP contribution >= 0.6 is 10.6 Å². The van der Waals surface area contributed by atoms with Crippen LogP contribution in [0, 0.1) is 16.7 Å². The summed E-state index contributed by atoms with van der Waals surface area (Å²) in [6.45, 7) is 6.55. The van der Waals surface area contributed by atoms with Crippen molar-refractivity contribution in [2.45, 2.75) is 52.3 Å². The Hall–Kier alpha value is -1.59. The molecule has 31 heavy (non-hydrogen) atoms. The van der Waals surface area contributed by atoms with E-state index in [1.54, 1.807) is 0 Å². The summed E-state index contributed by atoms with van der Waals surface area (Å²) < 4.78 is 60.7. The first kappa shape index (κ1) is 22.6. The van der Waals surface area contributed by atoms with Gasteiger partial charge in [0.25, 0.3) is 5.91 Å². The maximum Gasteiger partial charge on any atom is 0.434 e. The van der Waals surface area contributed by atoms with E-state index in [4.69, 9.17) is 0 Å². The zero-order chi connectivity index (χ0) is 22.8. The zero-order valence-corrected chi connectivity index (χ0v) is 18.7. The molecule has 1 aliphatic heterocycles. The van der Waals surface area contributed by atoms with Crippen molar-refractivity contribution in [1.29, 1.82) is 0 Å². The van der Waals surface area contributed by atoms with E-state index in [0.29, 0.717) is 5.92 Å². The Morgan fingerprint density at radius 3 is 2.42 bits per heavy atom. The van der Waals surface area contributed by atoms with Crippen LogP contribution < -0.4 is 5.32 Å². The molecule has 0 spiro atoms. The van der Waals surface area contributed by atoms with Crippen molar-refractivity contribution in [2.24, 2.45) is 16.7 Å². The molecular weight excluding hydrogens is 433 g/mol. The summed E-state index contributed by atoms with van der Waals surface area (Å²) in [6.07, 6.45) is -0.909. The van der Waals surface area contributed by atoms with Crippen molar-refractivity contribution >= 4 is 22.4 Å². The maximum atomic E-state index is 13.8. The number of halogens is 3. The number of carbonyl (C=O) groups excluding carboxylic acids is 1. The number of fused-ring (bicyclic) bond motifs is 2. The second kappa shape index (κ2) is 7.21. The van der Waals surface area contributed by atoms with E-state index in [0.717, 1.165) is 25.5 Å². The lowest BCUT2D eigenvalue weighted by atomic mass is 9.69. The van der Waals surface area contributed by atoms with Gasteiger partial charge in [-0.05, 0) is 36.0 Å². The lowest BCUT2D eigenvalue weighted by Crippen LogP contribution is -2.43. The number of alkyl halides is 3. The van der Waals surface area contributed by atoms with Crippen LogP contribution in [0.25, 0.3) is 0 Å². The van der Waals surface area contributed by atoms with Crippen LogP contribution in [-0.2, 0) is 6.18 Å². The predicted octanol–water partition coefficient (Wildman–Crippen LogP) is 4.33. The minimum Gasteiger partial charge on any atom is -0.351 e. The topological polar surface area (TPSA) is 98.6 Å². The minimum atomic E-state index is -4.82. The Bertz CT molecular complexity index is 885. The van der Waals surface area contributed by atoms with E-state index in [2.05, 4.69) is 36.1 Å². The SMILES string of the molecule is CC1(C)C2CCC1(C)C(Nc1ncc(C(=O)N3CCS(O)(O)CC3)c(C(F)(F)F)n1)C2. The molecule has 3 fully saturated rings. The van der Waals surface area contributed by atoms with Gasteiger partial charge in [0.1, 0.15) is 0 Å². The van der Waals surface area contributed by atoms with Gasteiger partial charge in [-0.3, -0.25) is 13.9 Å². The molecule has 2 aliphatic carbocycles. The van der Waals surface area contributed by atoms with Gasteiger partial charge in [0.2, 0.25) is 5.95 Å². The molecule has 3 unspecified atom stereocenters.